The molecule has 0 aliphatic heterocycles. The Balaban J connectivity index is 2.29. The van der Waals surface area contributed by atoms with E-state index >= 15 is 0 Å². The van der Waals surface area contributed by atoms with Gasteiger partial charge in [0.25, 0.3) is 0 Å². The SMILES string of the molecule is CCN(CC)CCC(C)(O)C(c1ccccc1)c1ccccc1. The van der Waals surface area contributed by atoms with Gasteiger partial charge in [0.2, 0.25) is 0 Å². The Kier molecular flexibility index (Phi) is 6.37. The summed E-state index contributed by atoms with van der Waals surface area (Å²) in [7, 11) is 0. The minimum absolute atomic E-state index is 0.0135. The molecule has 1 N–H and O–H groups in total. The summed E-state index contributed by atoms with van der Waals surface area (Å²) in [6, 6.07) is 20.7. The summed E-state index contributed by atoms with van der Waals surface area (Å²) in [5.74, 6) is -0.0135. The van der Waals surface area contributed by atoms with Crippen molar-refractivity contribution >= 4 is 0 Å². The summed E-state index contributed by atoms with van der Waals surface area (Å²) in [5.41, 5.74) is 1.55. The van der Waals surface area contributed by atoms with Crippen LogP contribution in [0.15, 0.2) is 60.7 Å². The maximum absolute atomic E-state index is 11.3. The van der Waals surface area contributed by atoms with Crippen LogP contribution >= 0.6 is 0 Å². The maximum Gasteiger partial charge on any atom is 0.0740 e. The third kappa shape index (κ3) is 4.66. The van der Waals surface area contributed by atoms with E-state index in [0.717, 1.165) is 26.1 Å². The molecule has 0 heterocycles. The highest BCUT2D eigenvalue weighted by Gasteiger charge is 2.34. The lowest BCUT2D eigenvalue weighted by Gasteiger charge is -2.35. The predicted molar refractivity (Wildman–Crippen MR) is 97.8 cm³/mol. The topological polar surface area (TPSA) is 23.5 Å². The van der Waals surface area contributed by atoms with Crippen molar-refractivity contribution in [2.75, 3.05) is 19.6 Å². The van der Waals surface area contributed by atoms with Crippen LogP contribution in [0.5, 0.6) is 0 Å². The molecule has 1 unspecified atom stereocenters. The molecule has 23 heavy (non-hydrogen) atoms. The van der Waals surface area contributed by atoms with E-state index in [1.54, 1.807) is 0 Å². The molecule has 2 aromatic carbocycles. The molecule has 2 rings (SSSR count). The normalized spacial score (nSPS) is 14.2. The van der Waals surface area contributed by atoms with Gasteiger partial charge in [-0.25, -0.2) is 0 Å². The third-order valence-corrected chi connectivity index (χ3v) is 4.72. The number of aliphatic hydroxyl groups is 1. The fourth-order valence-corrected chi connectivity index (χ4v) is 3.27. The Morgan fingerprint density at radius 2 is 1.30 bits per heavy atom. The quantitative estimate of drug-likeness (QED) is 0.785. The van der Waals surface area contributed by atoms with Crippen LogP contribution in [0.1, 0.15) is 44.2 Å². The van der Waals surface area contributed by atoms with Crippen molar-refractivity contribution in [1.82, 2.24) is 4.90 Å². The first kappa shape index (κ1) is 17.7. The lowest BCUT2D eigenvalue weighted by atomic mass is 9.76. The van der Waals surface area contributed by atoms with Gasteiger partial charge in [-0.05, 0) is 37.6 Å². The summed E-state index contributed by atoms with van der Waals surface area (Å²) in [4.78, 5) is 2.36. The van der Waals surface area contributed by atoms with E-state index in [0.29, 0.717) is 0 Å². The first-order valence-electron chi connectivity index (χ1n) is 8.63. The molecule has 0 fully saturated rings. The van der Waals surface area contributed by atoms with Gasteiger partial charge in [-0.1, -0.05) is 74.5 Å². The van der Waals surface area contributed by atoms with Crippen molar-refractivity contribution in [1.29, 1.82) is 0 Å². The van der Waals surface area contributed by atoms with Crippen molar-refractivity contribution < 1.29 is 5.11 Å². The van der Waals surface area contributed by atoms with Crippen molar-refractivity contribution in [3.05, 3.63) is 71.8 Å². The largest absolute Gasteiger partial charge is 0.389 e. The summed E-state index contributed by atoms with van der Waals surface area (Å²) in [5, 5.41) is 11.3. The van der Waals surface area contributed by atoms with Crippen LogP contribution in [0.25, 0.3) is 0 Å². The van der Waals surface area contributed by atoms with E-state index in [4.69, 9.17) is 0 Å². The predicted octanol–water partition coefficient (Wildman–Crippen LogP) is 4.30. The minimum Gasteiger partial charge on any atom is -0.389 e. The molecule has 0 radical (unpaired) electrons. The highest BCUT2D eigenvalue weighted by atomic mass is 16.3. The maximum atomic E-state index is 11.3. The standard InChI is InChI=1S/C21H29NO/c1-4-22(5-2)17-16-21(3,23)20(18-12-8-6-9-13-18)19-14-10-7-11-15-19/h6-15,20,23H,4-5,16-17H2,1-3H3. The Bertz CT molecular complexity index is 521. The van der Waals surface area contributed by atoms with Crippen LogP contribution in [-0.4, -0.2) is 35.2 Å². The summed E-state index contributed by atoms with van der Waals surface area (Å²) >= 11 is 0. The molecule has 2 nitrogen and oxygen atoms in total. The second-order valence-electron chi connectivity index (χ2n) is 6.39. The molecular weight excluding hydrogens is 282 g/mol. The van der Waals surface area contributed by atoms with E-state index in [2.05, 4.69) is 43.0 Å². The Hall–Kier alpha value is -1.64. The molecule has 0 amide bonds. The first-order chi connectivity index (χ1) is 11.1. The highest BCUT2D eigenvalue weighted by molar-refractivity contribution is 5.35. The van der Waals surface area contributed by atoms with Gasteiger partial charge < -0.3 is 10.0 Å². The van der Waals surface area contributed by atoms with E-state index in [1.807, 2.05) is 43.3 Å². The van der Waals surface area contributed by atoms with Crippen molar-refractivity contribution in [3.63, 3.8) is 0 Å². The molecule has 0 spiro atoms. The minimum atomic E-state index is -0.786. The lowest BCUT2D eigenvalue weighted by Crippen LogP contribution is -2.38. The molecule has 2 aromatic rings. The second kappa shape index (κ2) is 8.28. The zero-order valence-corrected chi connectivity index (χ0v) is 14.6. The van der Waals surface area contributed by atoms with Crippen molar-refractivity contribution in [3.8, 4) is 0 Å². The zero-order valence-electron chi connectivity index (χ0n) is 14.6. The summed E-state index contributed by atoms with van der Waals surface area (Å²) < 4.78 is 0. The molecule has 0 aromatic heterocycles. The zero-order chi connectivity index (χ0) is 16.7. The fourth-order valence-electron chi connectivity index (χ4n) is 3.27. The highest BCUT2D eigenvalue weighted by Crippen LogP contribution is 2.37. The van der Waals surface area contributed by atoms with E-state index in [1.165, 1.54) is 11.1 Å². The number of hydrogen-bond acceptors (Lipinski definition) is 2. The van der Waals surface area contributed by atoms with Crippen molar-refractivity contribution in [2.24, 2.45) is 0 Å². The smallest absolute Gasteiger partial charge is 0.0740 e. The first-order valence-corrected chi connectivity index (χ1v) is 8.63. The molecule has 1 atom stereocenters. The van der Waals surface area contributed by atoms with Crippen molar-refractivity contribution in [2.45, 2.75) is 38.7 Å². The Morgan fingerprint density at radius 3 is 1.70 bits per heavy atom. The number of rotatable bonds is 8. The van der Waals surface area contributed by atoms with E-state index in [-0.39, 0.29) is 5.92 Å². The van der Waals surface area contributed by atoms with Gasteiger partial charge in [0, 0.05) is 12.5 Å². The van der Waals surface area contributed by atoms with Gasteiger partial charge in [0.05, 0.1) is 5.60 Å². The van der Waals surface area contributed by atoms with Gasteiger partial charge >= 0.3 is 0 Å². The molecule has 0 saturated carbocycles. The molecule has 0 bridgehead atoms. The van der Waals surface area contributed by atoms with Crippen LogP contribution in [-0.2, 0) is 0 Å². The monoisotopic (exact) mass is 311 g/mol. The number of hydrogen-bond donors (Lipinski definition) is 1. The van der Waals surface area contributed by atoms with Crippen LogP contribution in [0.4, 0.5) is 0 Å². The number of nitrogens with zero attached hydrogens (tertiary/aromatic N) is 1. The van der Waals surface area contributed by atoms with Gasteiger partial charge in [-0.3, -0.25) is 0 Å². The summed E-state index contributed by atoms with van der Waals surface area (Å²) in [6.07, 6.45) is 0.753. The molecular formula is C21H29NO. The lowest BCUT2D eigenvalue weighted by molar-refractivity contribution is 0.0246. The molecule has 0 aliphatic rings. The van der Waals surface area contributed by atoms with Gasteiger partial charge in [0.1, 0.15) is 0 Å². The Morgan fingerprint density at radius 1 is 0.870 bits per heavy atom. The van der Waals surface area contributed by atoms with Gasteiger partial charge in [-0.15, -0.1) is 0 Å². The van der Waals surface area contributed by atoms with E-state index in [9.17, 15) is 5.11 Å². The average molecular weight is 311 g/mol. The third-order valence-electron chi connectivity index (χ3n) is 4.72. The molecule has 124 valence electrons. The van der Waals surface area contributed by atoms with Crippen LogP contribution in [0.3, 0.4) is 0 Å². The van der Waals surface area contributed by atoms with Crippen LogP contribution < -0.4 is 0 Å². The summed E-state index contributed by atoms with van der Waals surface area (Å²) in [6.45, 7) is 9.27. The Labute approximate surface area is 140 Å². The fraction of sp³-hybridized carbons (Fsp3) is 0.429. The van der Waals surface area contributed by atoms with Gasteiger partial charge in [0.15, 0.2) is 0 Å². The van der Waals surface area contributed by atoms with E-state index < -0.39 is 5.60 Å². The van der Waals surface area contributed by atoms with Crippen LogP contribution in [0, 0.1) is 0 Å². The molecule has 0 aliphatic carbocycles. The second-order valence-corrected chi connectivity index (χ2v) is 6.39. The number of benzene rings is 2. The molecule has 0 saturated heterocycles. The van der Waals surface area contributed by atoms with Gasteiger partial charge in [-0.2, -0.15) is 0 Å². The molecule has 2 heteroatoms. The van der Waals surface area contributed by atoms with Crippen LogP contribution in [0.2, 0.25) is 0 Å². The average Bonchev–Trinajstić information content (AvgIpc) is 2.57.